The van der Waals surface area contributed by atoms with Gasteiger partial charge >= 0.3 is 5.97 Å². The molecule has 1 fully saturated rings. The van der Waals surface area contributed by atoms with Crippen molar-refractivity contribution in [3.8, 4) is 0 Å². The van der Waals surface area contributed by atoms with Gasteiger partial charge in [-0.05, 0) is 31.2 Å². The van der Waals surface area contributed by atoms with Crippen molar-refractivity contribution in [2.24, 2.45) is 11.8 Å². The van der Waals surface area contributed by atoms with Crippen LogP contribution >= 0.6 is 0 Å². The highest BCUT2D eigenvalue weighted by Crippen LogP contribution is 2.38. The molecular formula is C17H21NO4. The van der Waals surface area contributed by atoms with Crippen molar-refractivity contribution in [2.75, 3.05) is 6.61 Å². The van der Waals surface area contributed by atoms with Gasteiger partial charge in [-0.2, -0.15) is 0 Å². The van der Waals surface area contributed by atoms with Crippen LogP contribution in [0.5, 0.6) is 0 Å². The van der Waals surface area contributed by atoms with Gasteiger partial charge in [0.05, 0.1) is 12.0 Å². The van der Waals surface area contributed by atoms with Gasteiger partial charge in [0, 0.05) is 0 Å². The number of hydrogen-bond acceptors (Lipinski definition) is 4. The standard InChI is InChI=1S/C17H21NO4/c1-11-8-14(11)17(21)22-10-16(20)18-15(12(2)19)9-13-6-4-3-5-7-13/h3-7,11,14-15H,8-10H2,1-2H3,(H,18,20)/t11-,14-,15-/m0/s1. The minimum Gasteiger partial charge on any atom is -0.455 e. The van der Waals surface area contributed by atoms with Crippen molar-refractivity contribution in [2.45, 2.75) is 32.7 Å². The number of Topliss-reactive ketones (excluding diaryl/α,β-unsaturated/α-hetero) is 1. The second-order valence-electron chi connectivity index (χ2n) is 5.85. The van der Waals surface area contributed by atoms with E-state index in [0.29, 0.717) is 12.3 Å². The van der Waals surface area contributed by atoms with Crippen molar-refractivity contribution >= 4 is 17.7 Å². The number of carbonyl (C=O) groups is 3. The summed E-state index contributed by atoms with van der Waals surface area (Å²) in [6, 6.07) is 8.85. The second kappa shape index (κ2) is 7.20. The van der Waals surface area contributed by atoms with Crippen molar-refractivity contribution in [3.05, 3.63) is 35.9 Å². The number of rotatable bonds is 7. The number of benzene rings is 1. The Morgan fingerprint density at radius 3 is 2.45 bits per heavy atom. The fraction of sp³-hybridized carbons (Fsp3) is 0.471. The topological polar surface area (TPSA) is 72.5 Å². The molecular weight excluding hydrogens is 282 g/mol. The molecule has 0 spiro atoms. The average Bonchev–Trinajstić information content (AvgIpc) is 3.22. The number of nitrogens with one attached hydrogen (secondary N) is 1. The van der Waals surface area contributed by atoms with E-state index in [2.05, 4.69) is 5.32 Å². The molecule has 1 amide bonds. The highest BCUT2D eigenvalue weighted by molar-refractivity contribution is 5.89. The van der Waals surface area contributed by atoms with Gasteiger partial charge in [-0.1, -0.05) is 37.3 Å². The Balaban J connectivity index is 1.81. The van der Waals surface area contributed by atoms with E-state index >= 15 is 0 Å². The third-order valence-electron chi connectivity index (χ3n) is 3.87. The Morgan fingerprint density at radius 2 is 1.91 bits per heavy atom. The van der Waals surface area contributed by atoms with Crippen LogP contribution in [-0.4, -0.2) is 30.3 Å². The van der Waals surface area contributed by atoms with Gasteiger partial charge in [0.25, 0.3) is 5.91 Å². The Kier molecular flexibility index (Phi) is 5.31. The molecule has 5 heteroatoms. The van der Waals surface area contributed by atoms with Crippen LogP contribution in [0, 0.1) is 11.8 Å². The summed E-state index contributed by atoms with van der Waals surface area (Å²) in [5, 5.41) is 2.63. The van der Waals surface area contributed by atoms with Crippen LogP contribution in [0.25, 0.3) is 0 Å². The normalized spacial score (nSPS) is 20.8. The van der Waals surface area contributed by atoms with Crippen LogP contribution in [0.2, 0.25) is 0 Å². The third-order valence-corrected chi connectivity index (χ3v) is 3.87. The first-order valence-corrected chi connectivity index (χ1v) is 7.47. The molecule has 3 atom stereocenters. The first kappa shape index (κ1) is 16.2. The van der Waals surface area contributed by atoms with Gasteiger partial charge < -0.3 is 10.1 Å². The maximum Gasteiger partial charge on any atom is 0.309 e. The van der Waals surface area contributed by atoms with E-state index in [1.165, 1.54) is 6.92 Å². The summed E-state index contributed by atoms with van der Waals surface area (Å²) in [6.07, 6.45) is 1.25. The van der Waals surface area contributed by atoms with Crippen molar-refractivity contribution in [1.82, 2.24) is 5.32 Å². The van der Waals surface area contributed by atoms with E-state index in [-0.39, 0.29) is 24.3 Å². The van der Waals surface area contributed by atoms with Crippen LogP contribution in [0.4, 0.5) is 0 Å². The SMILES string of the molecule is CC(=O)[C@H](Cc1ccccc1)NC(=O)COC(=O)[C@H]1C[C@@H]1C. The molecule has 1 aliphatic carbocycles. The predicted molar refractivity (Wildman–Crippen MR) is 81.0 cm³/mol. The first-order chi connectivity index (χ1) is 10.5. The van der Waals surface area contributed by atoms with Crippen LogP contribution < -0.4 is 5.32 Å². The fourth-order valence-electron chi connectivity index (χ4n) is 2.28. The van der Waals surface area contributed by atoms with Crippen LogP contribution in [0.15, 0.2) is 30.3 Å². The summed E-state index contributed by atoms with van der Waals surface area (Å²) in [5.74, 6) is -0.624. The Bertz CT molecular complexity index is 555. The third kappa shape index (κ3) is 4.69. The summed E-state index contributed by atoms with van der Waals surface area (Å²) in [5.41, 5.74) is 0.965. The van der Waals surface area contributed by atoms with Crippen LogP contribution in [0.1, 0.15) is 25.8 Å². The summed E-state index contributed by atoms with van der Waals surface area (Å²) >= 11 is 0. The zero-order valence-electron chi connectivity index (χ0n) is 12.9. The predicted octanol–water partition coefficient (Wildman–Crippen LogP) is 1.50. The molecule has 1 N–H and O–H groups in total. The summed E-state index contributed by atoms with van der Waals surface area (Å²) < 4.78 is 4.97. The van der Waals surface area contributed by atoms with E-state index in [4.69, 9.17) is 4.74 Å². The molecule has 0 aliphatic heterocycles. The molecule has 0 unspecified atom stereocenters. The largest absolute Gasteiger partial charge is 0.455 e. The van der Waals surface area contributed by atoms with Gasteiger partial charge in [0.2, 0.25) is 0 Å². The number of esters is 1. The molecule has 1 aliphatic rings. The van der Waals surface area contributed by atoms with Gasteiger partial charge in [-0.25, -0.2) is 0 Å². The Morgan fingerprint density at radius 1 is 1.27 bits per heavy atom. The molecule has 0 radical (unpaired) electrons. The summed E-state index contributed by atoms with van der Waals surface area (Å²) in [6.45, 7) is 3.07. The lowest BCUT2D eigenvalue weighted by Crippen LogP contribution is -2.43. The molecule has 0 saturated heterocycles. The molecule has 0 heterocycles. The zero-order valence-corrected chi connectivity index (χ0v) is 12.9. The smallest absolute Gasteiger partial charge is 0.309 e. The van der Waals surface area contributed by atoms with Crippen molar-refractivity contribution in [1.29, 1.82) is 0 Å². The number of amides is 1. The summed E-state index contributed by atoms with van der Waals surface area (Å²) in [7, 11) is 0. The van der Waals surface area contributed by atoms with E-state index in [1.807, 2.05) is 37.3 Å². The Hall–Kier alpha value is -2.17. The number of carbonyl (C=O) groups excluding carboxylic acids is 3. The van der Waals surface area contributed by atoms with E-state index in [1.54, 1.807) is 0 Å². The van der Waals surface area contributed by atoms with E-state index < -0.39 is 11.9 Å². The highest BCUT2D eigenvalue weighted by atomic mass is 16.5. The lowest BCUT2D eigenvalue weighted by Gasteiger charge is -2.16. The van der Waals surface area contributed by atoms with Gasteiger partial charge in [-0.3, -0.25) is 14.4 Å². The lowest BCUT2D eigenvalue weighted by molar-refractivity contribution is -0.150. The highest BCUT2D eigenvalue weighted by Gasteiger charge is 2.40. The van der Waals surface area contributed by atoms with E-state index in [9.17, 15) is 14.4 Å². The lowest BCUT2D eigenvalue weighted by atomic mass is 10.0. The molecule has 5 nitrogen and oxygen atoms in total. The van der Waals surface area contributed by atoms with Gasteiger partial charge in [0.1, 0.15) is 0 Å². The molecule has 1 aromatic rings. The van der Waals surface area contributed by atoms with E-state index in [0.717, 1.165) is 12.0 Å². The minimum atomic E-state index is -0.603. The first-order valence-electron chi connectivity index (χ1n) is 7.47. The molecule has 22 heavy (non-hydrogen) atoms. The Labute approximate surface area is 130 Å². The molecule has 1 saturated carbocycles. The van der Waals surface area contributed by atoms with Gasteiger partial charge in [0.15, 0.2) is 12.4 Å². The minimum absolute atomic E-state index is 0.0688. The van der Waals surface area contributed by atoms with Crippen molar-refractivity contribution < 1.29 is 19.1 Å². The molecule has 2 rings (SSSR count). The quantitative estimate of drug-likeness (QED) is 0.775. The van der Waals surface area contributed by atoms with Crippen LogP contribution in [-0.2, 0) is 25.5 Å². The summed E-state index contributed by atoms with van der Waals surface area (Å²) in [4.78, 5) is 35.1. The van der Waals surface area contributed by atoms with Gasteiger partial charge in [-0.15, -0.1) is 0 Å². The molecule has 0 bridgehead atoms. The second-order valence-corrected chi connectivity index (χ2v) is 5.85. The molecule has 0 aromatic heterocycles. The fourth-order valence-corrected chi connectivity index (χ4v) is 2.28. The molecule has 1 aromatic carbocycles. The number of ether oxygens (including phenoxy) is 1. The zero-order chi connectivity index (χ0) is 16.1. The van der Waals surface area contributed by atoms with Crippen LogP contribution in [0.3, 0.4) is 0 Å². The van der Waals surface area contributed by atoms with Crippen molar-refractivity contribution in [3.63, 3.8) is 0 Å². The maximum absolute atomic E-state index is 11.8. The molecule has 118 valence electrons. The number of hydrogen-bond donors (Lipinski definition) is 1. The monoisotopic (exact) mass is 303 g/mol. The maximum atomic E-state index is 11.8. The average molecular weight is 303 g/mol. The number of ketones is 1.